The number of furan rings is 1. The molecule has 0 radical (unpaired) electrons. The molecule has 2 aliphatic rings. The van der Waals surface area contributed by atoms with E-state index >= 15 is 0 Å². The van der Waals surface area contributed by atoms with E-state index in [9.17, 15) is 9.59 Å². The number of rotatable bonds is 7. The number of ether oxygens (including phenoxy) is 1. The summed E-state index contributed by atoms with van der Waals surface area (Å²) in [6.45, 7) is 0.662. The van der Waals surface area contributed by atoms with Gasteiger partial charge in [0.15, 0.2) is 18.1 Å². The van der Waals surface area contributed by atoms with Crippen molar-refractivity contribution < 1.29 is 23.2 Å². The smallest absolute Gasteiger partial charge is 0.290 e. The van der Waals surface area contributed by atoms with Crippen LogP contribution in [-0.2, 0) is 13.0 Å². The molecule has 0 saturated heterocycles. The molecule has 182 valence electrons. The third kappa shape index (κ3) is 4.49. The largest absolute Gasteiger partial charge is 0.484 e. The molecular formula is C28H25N3O5. The Morgan fingerprint density at radius 2 is 1.92 bits per heavy atom. The maximum absolute atomic E-state index is 13.3. The first-order chi connectivity index (χ1) is 17.7. The summed E-state index contributed by atoms with van der Waals surface area (Å²) >= 11 is 0. The molecule has 36 heavy (non-hydrogen) atoms. The number of nitrogens with one attached hydrogen (secondary N) is 1. The van der Waals surface area contributed by atoms with E-state index in [1.165, 1.54) is 12.5 Å². The van der Waals surface area contributed by atoms with Crippen molar-refractivity contribution in [3.05, 3.63) is 107 Å². The lowest BCUT2D eigenvalue weighted by Gasteiger charge is -2.37. The number of carbonyl (C=O) groups is 2. The molecule has 4 aromatic rings. The average Bonchev–Trinajstić information content (AvgIpc) is 3.35. The van der Waals surface area contributed by atoms with Crippen LogP contribution in [0.15, 0.2) is 82.0 Å². The Labute approximate surface area is 207 Å². The molecule has 1 unspecified atom stereocenters. The van der Waals surface area contributed by atoms with Crippen LogP contribution in [-0.4, -0.2) is 34.3 Å². The van der Waals surface area contributed by atoms with Gasteiger partial charge in [-0.3, -0.25) is 9.59 Å². The van der Waals surface area contributed by atoms with E-state index in [2.05, 4.69) is 10.3 Å². The molecule has 1 N–H and O–H groups in total. The Bertz CT molecular complexity index is 1380. The number of nitrogens with zero attached hydrogens (tertiary/aromatic N) is 2. The molecule has 1 aliphatic carbocycles. The minimum absolute atomic E-state index is 0.0839. The van der Waals surface area contributed by atoms with Gasteiger partial charge in [0.25, 0.3) is 11.8 Å². The number of fused-ring (bicyclic) bond motifs is 1. The Kier molecular flexibility index (Phi) is 5.77. The standard InChI is InChI=1S/C28H25N3O5/c32-27(29-20-9-10-20)23-16-36-25(30-23)17-35-21-11-8-18-12-13-31(28(33)24-7-4-14-34-24)26(22(18)15-21)19-5-2-1-3-6-19/h1-8,11,14-16,20,26H,9-10,12-13,17H2,(H,29,32). The third-order valence-corrected chi connectivity index (χ3v) is 6.51. The second kappa shape index (κ2) is 9.37. The van der Waals surface area contributed by atoms with Gasteiger partial charge < -0.3 is 23.8 Å². The van der Waals surface area contributed by atoms with E-state index in [-0.39, 0.29) is 36.2 Å². The zero-order valence-corrected chi connectivity index (χ0v) is 19.6. The second-order valence-corrected chi connectivity index (χ2v) is 9.06. The van der Waals surface area contributed by atoms with Gasteiger partial charge in [-0.15, -0.1) is 0 Å². The summed E-state index contributed by atoms with van der Waals surface area (Å²) in [6.07, 6.45) is 5.61. The molecule has 1 atom stereocenters. The maximum Gasteiger partial charge on any atom is 0.290 e. The summed E-state index contributed by atoms with van der Waals surface area (Å²) in [7, 11) is 0. The molecule has 2 amide bonds. The van der Waals surface area contributed by atoms with Crippen molar-refractivity contribution in [2.24, 2.45) is 0 Å². The van der Waals surface area contributed by atoms with Crippen LogP contribution >= 0.6 is 0 Å². The Morgan fingerprint density at radius 1 is 1.06 bits per heavy atom. The van der Waals surface area contributed by atoms with Crippen molar-refractivity contribution in [1.82, 2.24) is 15.2 Å². The highest BCUT2D eigenvalue weighted by molar-refractivity contribution is 5.92. The highest BCUT2D eigenvalue weighted by Crippen LogP contribution is 2.38. The van der Waals surface area contributed by atoms with Gasteiger partial charge in [-0.2, -0.15) is 0 Å². The lowest BCUT2D eigenvalue weighted by Crippen LogP contribution is -2.40. The lowest BCUT2D eigenvalue weighted by molar-refractivity contribution is 0.0661. The number of amides is 2. The minimum Gasteiger partial charge on any atom is -0.484 e. The highest BCUT2D eigenvalue weighted by atomic mass is 16.5. The summed E-state index contributed by atoms with van der Waals surface area (Å²) in [6, 6.07) is 19.3. The summed E-state index contributed by atoms with van der Waals surface area (Å²) in [5, 5.41) is 2.89. The van der Waals surface area contributed by atoms with Gasteiger partial charge in [0.1, 0.15) is 12.0 Å². The maximum atomic E-state index is 13.3. The van der Waals surface area contributed by atoms with Crippen molar-refractivity contribution in [3.63, 3.8) is 0 Å². The molecule has 1 fully saturated rings. The molecule has 3 heterocycles. The van der Waals surface area contributed by atoms with Crippen LogP contribution in [0.2, 0.25) is 0 Å². The molecule has 1 saturated carbocycles. The van der Waals surface area contributed by atoms with Gasteiger partial charge in [-0.05, 0) is 60.2 Å². The van der Waals surface area contributed by atoms with E-state index < -0.39 is 0 Å². The fourth-order valence-corrected chi connectivity index (χ4v) is 4.55. The van der Waals surface area contributed by atoms with Gasteiger partial charge in [0, 0.05) is 12.6 Å². The molecule has 2 aromatic heterocycles. The molecule has 0 bridgehead atoms. The zero-order chi connectivity index (χ0) is 24.5. The number of oxazole rings is 1. The first-order valence-electron chi connectivity index (χ1n) is 12.1. The van der Waals surface area contributed by atoms with E-state index in [4.69, 9.17) is 13.6 Å². The molecular weight excluding hydrogens is 458 g/mol. The zero-order valence-electron chi connectivity index (χ0n) is 19.6. The fourth-order valence-electron chi connectivity index (χ4n) is 4.55. The monoisotopic (exact) mass is 483 g/mol. The molecule has 0 spiro atoms. The SMILES string of the molecule is O=C(NC1CC1)c1coc(COc2ccc3c(c2)C(c2ccccc2)N(C(=O)c2ccco2)CC3)n1. The first kappa shape index (κ1) is 22.2. The summed E-state index contributed by atoms with van der Waals surface area (Å²) in [5.74, 6) is 0.889. The number of benzene rings is 2. The topological polar surface area (TPSA) is 97.8 Å². The van der Waals surface area contributed by atoms with Crippen LogP contribution in [0.4, 0.5) is 0 Å². The van der Waals surface area contributed by atoms with Crippen LogP contribution in [0.5, 0.6) is 5.75 Å². The molecule has 6 rings (SSSR count). The molecule has 1 aliphatic heterocycles. The van der Waals surface area contributed by atoms with Gasteiger partial charge in [0.2, 0.25) is 5.89 Å². The van der Waals surface area contributed by atoms with Crippen LogP contribution in [0.25, 0.3) is 0 Å². The first-order valence-corrected chi connectivity index (χ1v) is 12.1. The molecule has 8 nitrogen and oxygen atoms in total. The van der Waals surface area contributed by atoms with Gasteiger partial charge in [0.05, 0.1) is 12.3 Å². The van der Waals surface area contributed by atoms with E-state index in [1.807, 2.05) is 53.4 Å². The van der Waals surface area contributed by atoms with Crippen molar-refractivity contribution >= 4 is 11.8 Å². The quantitative estimate of drug-likeness (QED) is 0.415. The average molecular weight is 484 g/mol. The van der Waals surface area contributed by atoms with Gasteiger partial charge >= 0.3 is 0 Å². The second-order valence-electron chi connectivity index (χ2n) is 9.06. The van der Waals surface area contributed by atoms with Crippen LogP contribution in [0.1, 0.15) is 62.5 Å². The van der Waals surface area contributed by atoms with Crippen molar-refractivity contribution in [1.29, 1.82) is 0 Å². The lowest BCUT2D eigenvalue weighted by atomic mass is 9.87. The van der Waals surface area contributed by atoms with E-state index in [0.29, 0.717) is 23.9 Å². The van der Waals surface area contributed by atoms with Crippen molar-refractivity contribution in [3.8, 4) is 5.75 Å². The number of hydrogen-bond acceptors (Lipinski definition) is 6. The summed E-state index contributed by atoms with van der Waals surface area (Å²) in [4.78, 5) is 31.6. The van der Waals surface area contributed by atoms with E-state index in [0.717, 1.165) is 36.0 Å². The van der Waals surface area contributed by atoms with E-state index in [1.54, 1.807) is 12.1 Å². The summed E-state index contributed by atoms with van der Waals surface area (Å²) in [5.41, 5.74) is 3.42. The van der Waals surface area contributed by atoms with Crippen molar-refractivity contribution in [2.45, 2.75) is 38.0 Å². The fraction of sp³-hybridized carbons (Fsp3) is 0.250. The van der Waals surface area contributed by atoms with Gasteiger partial charge in [-0.25, -0.2) is 4.98 Å². The number of hydrogen-bond donors (Lipinski definition) is 1. The van der Waals surface area contributed by atoms with Gasteiger partial charge in [-0.1, -0.05) is 36.4 Å². The van der Waals surface area contributed by atoms with Crippen LogP contribution in [0, 0.1) is 0 Å². The molecule has 8 heteroatoms. The number of carbonyl (C=O) groups excluding carboxylic acids is 2. The Balaban J connectivity index is 1.24. The highest BCUT2D eigenvalue weighted by Gasteiger charge is 2.34. The predicted octanol–water partition coefficient (Wildman–Crippen LogP) is 4.53. The Morgan fingerprint density at radius 3 is 2.69 bits per heavy atom. The third-order valence-electron chi connectivity index (χ3n) is 6.51. The Hall–Kier alpha value is -4.33. The van der Waals surface area contributed by atoms with Crippen LogP contribution < -0.4 is 10.1 Å². The normalized spacial score (nSPS) is 16.9. The predicted molar refractivity (Wildman–Crippen MR) is 129 cm³/mol. The van der Waals surface area contributed by atoms with Crippen LogP contribution in [0.3, 0.4) is 0 Å². The van der Waals surface area contributed by atoms with Crippen molar-refractivity contribution in [2.75, 3.05) is 6.54 Å². The summed E-state index contributed by atoms with van der Waals surface area (Å²) < 4.78 is 16.8. The molecule has 2 aromatic carbocycles. The minimum atomic E-state index is -0.282. The number of aromatic nitrogens is 1.